The molecule has 1 aromatic heterocycles. The van der Waals surface area contributed by atoms with Gasteiger partial charge in [0.2, 0.25) is 0 Å². The predicted molar refractivity (Wildman–Crippen MR) is 152 cm³/mol. The van der Waals surface area contributed by atoms with E-state index in [1.165, 1.54) is 16.7 Å². The van der Waals surface area contributed by atoms with E-state index < -0.39 is 30.3 Å². The van der Waals surface area contributed by atoms with Crippen LogP contribution in [0.15, 0.2) is 42.6 Å². The minimum Gasteiger partial charge on any atom is -0.399 e. The van der Waals surface area contributed by atoms with Crippen molar-refractivity contribution < 1.29 is 18.1 Å². The van der Waals surface area contributed by atoms with Gasteiger partial charge in [0.05, 0.1) is 35.7 Å². The Morgan fingerprint density at radius 1 is 0.875 bits per heavy atom. The predicted octanol–water partition coefficient (Wildman–Crippen LogP) is 5.83. The lowest BCUT2D eigenvalue weighted by Crippen LogP contribution is -2.41. The Labute approximate surface area is 234 Å². The molecule has 4 aliphatic heterocycles. The average Bonchev–Trinajstić information content (AvgIpc) is 3.63. The van der Waals surface area contributed by atoms with Crippen LogP contribution in [-0.2, 0) is 9.31 Å². The van der Waals surface area contributed by atoms with Crippen molar-refractivity contribution >= 4 is 12.6 Å². The van der Waals surface area contributed by atoms with Crippen LogP contribution in [-0.4, -0.2) is 40.8 Å². The van der Waals surface area contributed by atoms with E-state index in [-0.39, 0.29) is 19.0 Å². The molecule has 0 aliphatic carbocycles. The van der Waals surface area contributed by atoms with Crippen LogP contribution >= 0.6 is 0 Å². The summed E-state index contributed by atoms with van der Waals surface area (Å²) in [7, 11) is -0.393. The van der Waals surface area contributed by atoms with E-state index in [1.807, 2.05) is 0 Å². The molecule has 2 bridgehead atoms. The van der Waals surface area contributed by atoms with Crippen LogP contribution in [0.3, 0.4) is 0 Å². The number of benzene rings is 2. The van der Waals surface area contributed by atoms with E-state index in [0.29, 0.717) is 17.8 Å². The second-order valence-corrected chi connectivity index (χ2v) is 13.2. The maximum atomic E-state index is 13.7. The smallest absolute Gasteiger partial charge is 0.399 e. The van der Waals surface area contributed by atoms with Gasteiger partial charge in [-0.1, -0.05) is 43.3 Å². The Bertz CT molecular complexity index is 1440. The van der Waals surface area contributed by atoms with Crippen LogP contribution in [0, 0.1) is 5.92 Å². The van der Waals surface area contributed by atoms with Crippen LogP contribution < -0.4 is 16.1 Å². The third-order valence-electron chi connectivity index (χ3n) is 9.75. The lowest BCUT2D eigenvalue weighted by atomic mass is 9.72. The van der Waals surface area contributed by atoms with E-state index in [1.54, 1.807) is 6.20 Å². The molecule has 7 rings (SSSR count). The van der Waals surface area contributed by atoms with Crippen molar-refractivity contribution in [2.45, 2.75) is 89.1 Å². The molecule has 3 fully saturated rings. The van der Waals surface area contributed by atoms with E-state index in [9.17, 15) is 8.78 Å². The Balaban J connectivity index is 1.22. The molecule has 4 aliphatic rings. The van der Waals surface area contributed by atoms with Gasteiger partial charge in [0.25, 0.3) is 5.92 Å². The Morgan fingerprint density at radius 3 is 2.17 bits per heavy atom. The minimum atomic E-state index is -2.69. The van der Waals surface area contributed by atoms with Crippen LogP contribution in [0.25, 0.3) is 22.4 Å². The summed E-state index contributed by atoms with van der Waals surface area (Å²) in [4.78, 5) is 7.65. The second-order valence-electron chi connectivity index (χ2n) is 13.2. The van der Waals surface area contributed by atoms with Crippen LogP contribution in [0.1, 0.15) is 89.0 Å². The number of fused-ring (bicyclic) bond motifs is 5. The first-order chi connectivity index (χ1) is 18.9. The van der Waals surface area contributed by atoms with Crippen molar-refractivity contribution in [1.82, 2.24) is 20.6 Å². The lowest BCUT2D eigenvalue weighted by Gasteiger charge is -2.32. The molecule has 6 nitrogen and oxygen atoms in total. The van der Waals surface area contributed by atoms with Gasteiger partial charge < -0.3 is 24.9 Å². The number of hydrogen-bond donors (Lipinski definition) is 3. The molecule has 0 radical (unpaired) electrons. The van der Waals surface area contributed by atoms with Crippen LogP contribution in [0.5, 0.6) is 0 Å². The molecule has 0 spiro atoms. The highest BCUT2D eigenvalue weighted by Gasteiger charge is 2.53. The Hall–Kier alpha value is -2.59. The number of aromatic amines is 1. The zero-order chi connectivity index (χ0) is 28.0. The number of aromatic nitrogens is 2. The van der Waals surface area contributed by atoms with Crippen molar-refractivity contribution in [3.63, 3.8) is 0 Å². The lowest BCUT2D eigenvalue weighted by molar-refractivity contribution is 0.00578. The number of imidazole rings is 1. The first-order valence-electron chi connectivity index (χ1n) is 14.5. The zero-order valence-corrected chi connectivity index (χ0v) is 23.8. The molecule has 3 saturated heterocycles. The molecule has 9 heteroatoms. The Morgan fingerprint density at radius 2 is 1.52 bits per heavy atom. The third-order valence-corrected chi connectivity index (χ3v) is 9.75. The normalized spacial score (nSPS) is 29.6. The Kier molecular flexibility index (Phi) is 5.89. The van der Waals surface area contributed by atoms with Gasteiger partial charge in [-0.2, -0.15) is 0 Å². The zero-order valence-electron chi connectivity index (χ0n) is 23.8. The molecule has 5 heterocycles. The number of piperidine rings is 1. The highest BCUT2D eigenvalue weighted by molar-refractivity contribution is 6.62. The molecule has 3 N–H and O–H groups in total. The first kappa shape index (κ1) is 26.3. The molecule has 210 valence electrons. The summed E-state index contributed by atoms with van der Waals surface area (Å²) >= 11 is 0. The van der Waals surface area contributed by atoms with E-state index in [2.05, 4.69) is 91.6 Å². The summed E-state index contributed by atoms with van der Waals surface area (Å²) < 4.78 is 40.4. The van der Waals surface area contributed by atoms with Crippen molar-refractivity contribution in [1.29, 1.82) is 0 Å². The van der Waals surface area contributed by atoms with Crippen molar-refractivity contribution in [3.05, 3.63) is 59.5 Å². The fourth-order valence-electron chi connectivity index (χ4n) is 6.93. The van der Waals surface area contributed by atoms with Crippen molar-refractivity contribution in [2.24, 2.45) is 5.92 Å². The number of nitrogens with zero attached hydrogens (tertiary/aromatic N) is 1. The largest absolute Gasteiger partial charge is 0.495 e. The van der Waals surface area contributed by atoms with Crippen molar-refractivity contribution in [2.75, 3.05) is 6.54 Å². The summed E-state index contributed by atoms with van der Waals surface area (Å²) in [6, 6.07) is 13.0. The summed E-state index contributed by atoms with van der Waals surface area (Å²) in [5.41, 5.74) is 7.25. The molecular formula is C31H37BF2N4O2. The summed E-state index contributed by atoms with van der Waals surface area (Å²) in [5.74, 6) is -1.50. The topological polar surface area (TPSA) is 71.2 Å². The average molecular weight is 546 g/mol. The summed E-state index contributed by atoms with van der Waals surface area (Å²) in [6.07, 6.45) is 3.70. The molecule has 0 amide bonds. The molecule has 3 aromatic rings. The van der Waals surface area contributed by atoms with Gasteiger partial charge in [0, 0.05) is 18.5 Å². The highest BCUT2D eigenvalue weighted by atomic mass is 19.3. The van der Waals surface area contributed by atoms with Gasteiger partial charge in [-0.05, 0) is 79.7 Å². The number of rotatable bonds is 4. The maximum Gasteiger partial charge on any atom is 0.495 e. The monoisotopic (exact) mass is 546 g/mol. The van der Waals surface area contributed by atoms with Gasteiger partial charge in [-0.3, -0.25) is 0 Å². The van der Waals surface area contributed by atoms with Gasteiger partial charge in [0.15, 0.2) is 0 Å². The molecule has 4 atom stereocenters. The van der Waals surface area contributed by atoms with E-state index in [0.717, 1.165) is 35.1 Å². The number of hydrogen-bond acceptors (Lipinski definition) is 5. The van der Waals surface area contributed by atoms with Gasteiger partial charge >= 0.3 is 7.12 Å². The van der Waals surface area contributed by atoms with Gasteiger partial charge in [-0.25, -0.2) is 13.8 Å². The minimum absolute atomic E-state index is 0.235. The molecule has 40 heavy (non-hydrogen) atoms. The molecule has 4 unspecified atom stereocenters. The van der Waals surface area contributed by atoms with Gasteiger partial charge in [-0.15, -0.1) is 0 Å². The van der Waals surface area contributed by atoms with E-state index >= 15 is 0 Å². The fourth-order valence-corrected chi connectivity index (χ4v) is 6.93. The molecular weight excluding hydrogens is 509 g/mol. The molecule has 0 saturated carbocycles. The number of H-pyrrole nitrogens is 1. The maximum absolute atomic E-state index is 13.7. The standard InChI is InChI=1S/C31H37BF2N4O2/c1-17-12-22-26-20(10-11-21(27(26)23(13-17)37-22)32-39-29(2,3)30(4,5)40-32)18-6-8-19(9-7-18)25-15-35-28(38-25)24-14-31(33,34)16-36-24/h6-11,15,17,22-24,36-37H,12-14,16H2,1-5H3,(H,35,38). The van der Waals surface area contributed by atoms with Gasteiger partial charge in [0.1, 0.15) is 5.82 Å². The first-order valence-corrected chi connectivity index (χ1v) is 14.5. The summed E-state index contributed by atoms with van der Waals surface area (Å²) in [6.45, 7) is 10.4. The van der Waals surface area contributed by atoms with E-state index in [4.69, 9.17) is 9.31 Å². The second kappa shape index (κ2) is 8.96. The fraction of sp³-hybridized carbons (Fsp3) is 0.516. The van der Waals surface area contributed by atoms with Crippen molar-refractivity contribution in [3.8, 4) is 22.4 Å². The number of nitrogens with one attached hydrogen (secondary N) is 3. The molecule has 2 aromatic carbocycles. The quantitative estimate of drug-likeness (QED) is 0.360. The highest BCUT2D eigenvalue weighted by Crippen LogP contribution is 2.49. The van der Waals surface area contributed by atoms with Crippen LogP contribution in [0.4, 0.5) is 8.78 Å². The third kappa shape index (κ3) is 4.24. The number of halogens is 2. The summed E-state index contributed by atoms with van der Waals surface area (Å²) in [5, 5.41) is 6.76. The number of alkyl halides is 2. The van der Waals surface area contributed by atoms with Crippen LogP contribution in [0.2, 0.25) is 0 Å². The SMILES string of the molecule is CC1CC2NC(C1)c1c(-c3ccc(-c4cnc(C5CC(F)(F)CN5)[nH]4)cc3)ccc(B3OC(C)(C)C(C)(C)O3)c12.